The predicted molar refractivity (Wildman–Crippen MR) is 182 cm³/mol. The van der Waals surface area contributed by atoms with E-state index in [1.165, 1.54) is 65.5 Å². The lowest BCUT2D eigenvalue weighted by Gasteiger charge is -2.42. The first-order valence-corrected chi connectivity index (χ1v) is 20.0. The van der Waals surface area contributed by atoms with Crippen molar-refractivity contribution in [2.75, 3.05) is 13.7 Å². The molecular weight excluding hydrogens is 547 g/mol. The van der Waals surface area contributed by atoms with E-state index in [2.05, 4.69) is 94.8 Å². The molecule has 0 radical (unpaired) electrons. The molecule has 0 spiro atoms. The van der Waals surface area contributed by atoms with E-state index < -0.39 is 8.32 Å². The van der Waals surface area contributed by atoms with Gasteiger partial charge in [-0.05, 0) is 117 Å². The second-order valence-electron chi connectivity index (χ2n) is 13.7. The summed E-state index contributed by atoms with van der Waals surface area (Å²) < 4.78 is 6.90. The number of nitrogens with zero attached hydrogens (tertiary/aromatic N) is 1. The molecule has 0 unspecified atom stereocenters. The van der Waals surface area contributed by atoms with Gasteiger partial charge in [-0.15, -0.1) is 0 Å². The summed E-state index contributed by atoms with van der Waals surface area (Å²) in [5, 5.41) is 0. The molecule has 1 fully saturated rings. The number of hydrogen-bond acceptors (Lipinski definition) is 4. The molecular formula is C38H55NO3Si. The van der Waals surface area contributed by atoms with Gasteiger partial charge in [-0.25, -0.2) is 9.78 Å². The number of benzene rings is 2. The third-order valence-corrected chi connectivity index (χ3v) is 10.8. The Balaban J connectivity index is 1.57. The molecule has 1 aliphatic rings. The van der Waals surface area contributed by atoms with Crippen LogP contribution in [-0.2, 0) is 32.5 Å². The Labute approximate surface area is 262 Å². The molecule has 0 saturated heterocycles. The van der Waals surface area contributed by atoms with Crippen LogP contribution in [0.25, 0.3) is 11.1 Å². The summed E-state index contributed by atoms with van der Waals surface area (Å²) in [7, 11) is -0.0623. The topological polar surface area (TPSA) is 40.6 Å². The maximum Gasteiger partial charge on any atom is 0.184 e. The summed E-state index contributed by atoms with van der Waals surface area (Å²) >= 11 is 0. The highest BCUT2D eigenvalue weighted by molar-refractivity contribution is 6.69. The predicted octanol–water partition coefficient (Wildman–Crippen LogP) is 10.1. The van der Waals surface area contributed by atoms with Crippen molar-refractivity contribution in [3.8, 4) is 11.1 Å². The smallest absolute Gasteiger partial charge is 0.184 e. The molecule has 0 aliphatic heterocycles. The molecule has 5 heteroatoms. The van der Waals surface area contributed by atoms with Gasteiger partial charge in [-0.1, -0.05) is 69.5 Å². The molecule has 1 aliphatic carbocycles. The second-order valence-corrected chi connectivity index (χ2v) is 18.2. The lowest BCUT2D eigenvalue weighted by molar-refractivity contribution is -0.271. The third-order valence-electron chi connectivity index (χ3n) is 9.72. The van der Waals surface area contributed by atoms with Crippen LogP contribution in [0.5, 0.6) is 0 Å². The van der Waals surface area contributed by atoms with Gasteiger partial charge in [0.2, 0.25) is 0 Å². The minimum atomic E-state index is -1.60. The first-order valence-electron chi connectivity index (χ1n) is 16.6. The van der Waals surface area contributed by atoms with E-state index in [1.54, 1.807) is 7.11 Å². The van der Waals surface area contributed by atoms with Crippen LogP contribution in [0.15, 0.2) is 54.9 Å². The molecule has 3 aromatic rings. The van der Waals surface area contributed by atoms with E-state index in [1.807, 2.05) is 12.4 Å². The van der Waals surface area contributed by atoms with E-state index in [4.69, 9.17) is 14.2 Å². The molecule has 43 heavy (non-hydrogen) atoms. The highest BCUT2D eigenvalue weighted by atomic mass is 28.4. The van der Waals surface area contributed by atoms with Crippen molar-refractivity contribution in [2.24, 2.45) is 0 Å². The third kappa shape index (κ3) is 8.24. The monoisotopic (exact) mass is 601 g/mol. The Kier molecular flexibility index (Phi) is 11.4. The van der Waals surface area contributed by atoms with Crippen LogP contribution >= 0.6 is 0 Å². The van der Waals surface area contributed by atoms with Gasteiger partial charge >= 0.3 is 0 Å². The maximum atomic E-state index is 6.90. The second kappa shape index (κ2) is 14.6. The largest absolute Gasteiger partial charge is 0.412 e. The van der Waals surface area contributed by atoms with E-state index in [0.29, 0.717) is 6.61 Å². The van der Waals surface area contributed by atoms with Crippen molar-refractivity contribution in [1.82, 2.24) is 4.98 Å². The van der Waals surface area contributed by atoms with Gasteiger partial charge in [0.1, 0.15) is 0 Å². The zero-order valence-corrected chi connectivity index (χ0v) is 29.1. The lowest BCUT2D eigenvalue weighted by Crippen LogP contribution is -2.44. The molecule has 0 bridgehead atoms. The average Bonchev–Trinajstić information content (AvgIpc) is 2.98. The highest BCUT2D eigenvalue weighted by Gasteiger charge is 2.37. The van der Waals surface area contributed by atoms with Gasteiger partial charge in [0.05, 0.1) is 19.3 Å². The number of pyridine rings is 1. The SMILES string of the molecule is CCC(CC)(c1ccc(CCC2(O[Si](C)(C)C)CCCCC2)c(C)c1)c1ccc(-c2cncc(CCOOC)c2)c(C)c1. The number of aromatic nitrogens is 1. The Morgan fingerprint density at radius 3 is 2.12 bits per heavy atom. The van der Waals surface area contributed by atoms with Gasteiger partial charge < -0.3 is 4.43 Å². The molecule has 1 heterocycles. The number of aryl methyl sites for hydroxylation is 3. The summed E-state index contributed by atoms with van der Waals surface area (Å²) in [6, 6.07) is 16.6. The van der Waals surface area contributed by atoms with Crippen LogP contribution in [0.4, 0.5) is 0 Å². The molecule has 1 aromatic heterocycles. The van der Waals surface area contributed by atoms with Crippen molar-refractivity contribution < 1.29 is 14.2 Å². The molecule has 0 N–H and O–H groups in total. The van der Waals surface area contributed by atoms with Crippen molar-refractivity contribution >= 4 is 8.32 Å². The van der Waals surface area contributed by atoms with Crippen LogP contribution in [0.3, 0.4) is 0 Å². The summed E-state index contributed by atoms with van der Waals surface area (Å²) in [6.45, 7) is 16.8. The Morgan fingerprint density at radius 1 is 0.837 bits per heavy atom. The summed E-state index contributed by atoms with van der Waals surface area (Å²) in [4.78, 5) is 14.3. The van der Waals surface area contributed by atoms with Crippen LogP contribution in [-0.4, -0.2) is 32.6 Å². The summed E-state index contributed by atoms with van der Waals surface area (Å²) in [5.41, 5.74) is 10.6. The quantitative estimate of drug-likeness (QED) is 0.0798. The maximum absolute atomic E-state index is 6.90. The minimum absolute atomic E-state index is 0.0181. The van der Waals surface area contributed by atoms with Crippen LogP contribution < -0.4 is 0 Å². The zero-order chi connectivity index (χ0) is 31.1. The first-order chi connectivity index (χ1) is 20.5. The Hall–Kier alpha value is -2.31. The number of rotatable bonds is 14. The Morgan fingerprint density at radius 2 is 1.51 bits per heavy atom. The van der Waals surface area contributed by atoms with Gasteiger partial charge in [0, 0.05) is 29.8 Å². The fourth-order valence-electron chi connectivity index (χ4n) is 7.42. The minimum Gasteiger partial charge on any atom is -0.412 e. The molecule has 0 atom stereocenters. The standard InChI is InChI=1S/C38H55NO3Si/c1-9-38(10-2,35-16-17-36(30(4)25-35)33-26-31(27-39-28-33)19-23-41-40-5)34-15-14-32(29(3)24-34)18-22-37(42-43(6,7)8)20-12-11-13-21-37/h14-17,24-28H,9-13,18-23H2,1-8H3. The van der Waals surface area contributed by atoms with Crippen molar-refractivity contribution in [2.45, 2.75) is 123 Å². The highest BCUT2D eigenvalue weighted by Crippen LogP contribution is 2.42. The molecule has 4 rings (SSSR count). The van der Waals surface area contributed by atoms with Gasteiger partial charge in [0.15, 0.2) is 8.32 Å². The van der Waals surface area contributed by atoms with E-state index in [0.717, 1.165) is 43.2 Å². The summed E-state index contributed by atoms with van der Waals surface area (Å²) in [6.07, 6.45) is 15.4. The average molecular weight is 602 g/mol. The lowest BCUT2D eigenvalue weighted by atomic mass is 9.69. The van der Waals surface area contributed by atoms with E-state index >= 15 is 0 Å². The van der Waals surface area contributed by atoms with E-state index in [9.17, 15) is 0 Å². The Bertz CT molecular complexity index is 1340. The van der Waals surface area contributed by atoms with Crippen molar-refractivity contribution in [3.05, 3.63) is 88.2 Å². The van der Waals surface area contributed by atoms with Crippen LogP contribution in [0, 0.1) is 13.8 Å². The normalized spacial score (nSPS) is 15.5. The summed E-state index contributed by atoms with van der Waals surface area (Å²) in [5.74, 6) is 0. The molecule has 0 amide bonds. The fraction of sp³-hybridized carbons (Fsp3) is 0.553. The number of hydrogen-bond donors (Lipinski definition) is 0. The van der Waals surface area contributed by atoms with Gasteiger partial charge in [-0.3, -0.25) is 4.98 Å². The first kappa shape index (κ1) is 33.6. The van der Waals surface area contributed by atoms with Gasteiger partial charge in [-0.2, -0.15) is 0 Å². The molecule has 1 saturated carbocycles. The zero-order valence-electron chi connectivity index (χ0n) is 28.1. The van der Waals surface area contributed by atoms with Crippen LogP contribution in [0.1, 0.15) is 98.6 Å². The molecule has 4 nitrogen and oxygen atoms in total. The fourth-order valence-corrected chi connectivity index (χ4v) is 9.02. The molecule has 2 aromatic carbocycles. The van der Waals surface area contributed by atoms with E-state index in [-0.39, 0.29) is 11.0 Å². The molecule has 234 valence electrons. The van der Waals surface area contributed by atoms with Crippen molar-refractivity contribution in [1.29, 1.82) is 0 Å². The van der Waals surface area contributed by atoms with Crippen molar-refractivity contribution in [3.63, 3.8) is 0 Å². The van der Waals surface area contributed by atoms with Gasteiger partial charge in [0.25, 0.3) is 0 Å². The van der Waals surface area contributed by atoms with Crippen LogP contribution in [0.2, 0.25) is 19.6 Å².